The van der Waals surface area contributed by atoms with Crippen LogP contribution in [0.3, 0.4) is 0 Å². The third-order valence-electron chi connectivity index (χ3n) is 7.04. The first kappa shape index (κ1) is 24.3. The number of anilines is 2. The second-order valence-corrected chi connectivity index (χ2v) is 10.6. The maximum absolute atomic E-state index is 14.3. The van der Waals surface area contributed by atoms with Crippen molar-refractivity contribution in [1.82, 2.24) is 9.97 Å². The van der Waals surface area contributed by atoms with E-state index in [1.165, 1.54) is 22.9 Å². The summed E-state index contributed by atoms with van der Waals surface area (Å²) in [7, 11) is 0. The molecule has 1 N–H and O–H groups in total. The number of hydrogen-bond donors (Lipinski definition) is 1. The lowest BCUT2D eigenvalue weighted by molar-refractivity contribution is -0.117. The number of H-pyrrole nitrogens is 1. The molecule has 188 valence electrons. The Morgan fingerprint density at radius 1 is 0.789 bits per heavy atom. The summed E-state index contributed by atoms with van der Waals surface area (Å²) >= 11 is 1.51. The molecular formula is C33H29N3OS. The Hall–Kier alpha value is -4.09. The highest BCUT2D eigenvalue weighted by atomic mass is 32.2. The lowest BCUT2D eigenvalue weighted by Gasteiger charge is -2.28. The summed E-state index contributed by atoms with van der Waals surface area (Å²) in [4.78, 5) is 24.8. The van der Waals surface area contributed by atoms with Gasteiger partial charge in [-0.3, -0.25) is 9.69 Å². The molecule has 1 atom stereocenters. The summed E-state index contributed by atoms with van der Waals surface area (Å²) < 4.78 is 0. The van der Waals surface area contributed by atoms with Crippen LogP contribution in [0.1, 0.15) is 24.5 Å². The van der Waals surface area contributed by atoms with Gasteiger partial charge in [-0.15, -0.1) is 0 Å². The molecule has 0 bridgehead atoms. The van der Waals surface area contributed by atoms with E-state index in [-0.39, 0.29) is 11.2 Å². The van der Waals surface area contributed by atoms with E-state index in [0.29, 0.717) is 6.42 Å². The molecule has 0 saturated carbocycles. The highest BCUT2D eigenvalue weighted by molar-refractivity contribution is 8.00. The maximum atomic E-state index is 14.3. The normalized spacial score (nSPS) is 13.3. The Labute approximate surface area is 227 Å². The highest BCUT2D eigenvalue weighted by Gasteiger charge is 2.31. The van der Waals surface area contributed by atoms with Crippen molar-refractivity contribution in [2.75, 3.05) is 4.90 Å². The summed E-state index contributed by atoms with van der Waals surface area (Å²) in [5.41, 5.74) is 8.34. The van der Waals surface area contributed by atoms with Crippen molar-refractivity contribution in [3.63, 3.8) is 0 Å². The molecule has 1 aliphatic heterocycles. The third kappa shape index (κ3) is 4.66. The minimum absolute atomic E-state index is 0.0817. The molecule has 0 spiro atoms. The van der Waals surface area contributed by atoms with Gasteiger partial charge in [0, 0.05) is 11.1 Å². The van der Waals surface area contributed by atoms with Crippen LogP contribution < -0.4 is 4.90 Å². The van der Waals surface area contributed by atoms with Crippen LogP contribution in [0.5, 0.6) is 0 Å². The summed E-state index contributed by atoms with van der Waals surface area (Å²) in [5.74, 6) is 0.0817. The molecule has 6 rings (SSSR count). The number of aromatic amines is 1. The number of aryl methyl sites for hydroxylation is 2. The number of para-hydroxylation sites is 2. The number of benzene rings is 4. The Kier molecular flexibility index (Phi) is 6.84. The van der Waals surface area contributed by atoms with E-state index >= 15 is 0 Å². The van der Waals surface area contributed by atoms with E-state index in [9.17, 15) is 4.79 Å². The predicted octanol–water partition coefficient (Wildman–Crippen LogP) is 8.08. The molecular weight excluding hydrogens is 486 g/mol. The SMILES string of the molecule is CCC(Sc1nc(-c2ccccc2)c(-c2ccccc2)[nH]1)C(=O)N1c2ccccc2CCc2ccccc21. The second kappa shape index (κ2) is 10.7. The number of thioether (sulfide) groups is 1. The zero-order valence-electron chi connectivity index (χ0n) is 21.3. The maximum Gasteiger partial charge on any atom is 0.245 e. The molecule has 1 unspecified atom stereocenters. The smallest absolute Gasteiger partial charge is 0.245 e. The molecule has 4 nitrogen and oxygen atoms in total. The number of nitrogens with one attached hydrogen (secondary N) is 1. The molecule has 1 aliphatic rings. The lowest BCUT2D eigenvalue weighted by atomic mass is 10.0. The van der Waals surface area contributed by atoms with Crippen molar-refractivity contribution in [3.05, 3.63) is 120 Å². The Bertz CT molecular complexity index is 1460. The predicted molar refractivity (Wildman–Crippen MR) is 157 cm³/mol. The van der Waals surface area contributed by atoms with Crippen molar-refractivity contribution >= 4 is 29.0 Å². The summed E-state index contributed by atoms with van der Waals surface area (Å²) in [5, 5.41) is 0.451. The van der Waals surface area contributed by atoms with E-state index in [1.54, 1.807) is 0 Å². The van der Waals surface area contributed by atoms with Gasteiger partial charge in [0.1, 0.15) is 0 Å². The van der Waals surface area contributed by atoms with Crippen molar-refractivity contribution in [3.8, 4) is 22.5 Å². The first-order valence-electron chi connectivity index (χ1n) is 13.1. The minimum atomic E-state index is -0.299. The number of imidazole rings is 1. The fourth-order valence-electron chi connectivity index (χ4n) is 5.13. The van der Waals surface area contributed by atoms with Crippen LogP contribution in [0.15, 0.2) is 114 Å². The highest BCUT2D eigenvalue weighted by Crippen LogP contribution is 2.40. The number of rotatable bonds is 6. The summed E-state index contributed by atoms with van der Waals surface area (Å²) in [6, 6.07) is 37.0. The van der Waals surface area contributed by atoms with E-state index in [1.807, 2.05) is 53.4 Å². The zero-order chi connectivity index (χ0) is 25.9. The van der Waals surface area contributed by atoms with Crippen molar-refractivity contribution in [1.29, 1.82) is 0 Å². The molecule has 0 aliphatic carbocycles. The summed E-state index contributed by atoms with van der Waals surface area (Å²) in [6.45, 7) is 2.07. The molecule has 2 heterocycles. The largest absolute Gasteiger partial charge is 0.332 e. The number of amides is 1. The van der Waals surface area contributed by atoms with Gasteiger partial charge >= 0.3 is 0 Å². The molecule has 38 heavy (non-hydrogen) atoms. The van der Waals surface area contributed by atoms with E-state index in [0.717, 1.165) is 51.9 Å². The van der Waals surface area contributed by atoms with E-state index in [4.69, 9.17) is 4.98 Å². The first-order chi connectivity index (χ1) is 18.7. The fourth-order valence-corrected chi connectivity index (χ4v) is 6.08. The number of nitrogens with zero attached hydrogens (tertiary/aromatic N) is 2. The Morgan fingerprint density at radius 3 is 1.89 bits per heavy atom. The quantitative estimate of drug-likeness (QED) is 0.233. The van der Waals surface area contributed by atoms with Crippen LogP contribution in [-0.2, 0) is 17.6 Å². The number of carbonyl (C=O) groups excluding carboxylic acids is 1. The van der Waals surface area contributed by atoms with Gasteiger partial charge in [-0.1, -0.05) is 116 Å². The first-order valence-corrected chi connectivity index (χ1v) is 14.0. The van der Waals surface area contributed by atoms with Crippen LogP contribution in [0, 0.1) is 0 Å². The standard InChI is InChI=1S/C33H29N3OS/c1-2-29(32(37)36-27-19-11-9-13-23(27)21-22-24-14-10-12-20-28(24)36)38-33-34-30(25-15-5-3-6-16-25)31(35-33)26-17-7-4-8-18-26/h3-20,29H,2,21-22H2,1H3,(H,34,35). The van der Waals surface area contributed by atoms with Gasteiger partial charge < -0.3 is 4.98 Å². The molecule has 0 fully saturated rings. The van der Waals surface area contributed by atoms with Crippen LogP contribution in [0.2, 0.25) is 0 Å². The molecule has 0 saturated heterocycles. The van der Waals surface area contributed by atoms with E-state index in [2.05, 4.69) is 72.6 Å². The van der Waals surface area contributed by atoms with Crippen LogP contribution in [-0.4, -0.2) is 21.1 Å². The van der Waals surface area contributed by atoms with Crippen LogP contribution in [0.4, 0.5) is 11.4 Å². The average molecular weight is 516 g/mol. The molecule has 4 aromatic carbocycles. The number of aromatic nitrogens is 2. The summed E-state index contributed by atoms with van der Waals surface area (Å²) in [6.07, 6.45) is 2.52. The molecule has 0 radical (unpaired) electrons. The zero-order valence-corrected chi connectivity index (χ0v) is 22.1. The van der Waals surface area contributed by atoms with Crippen LogP contribution >= 0.6 is 11.8 Å². The molecule has 1 aromatic heterocycles. The number of carbonyl (C=O) groups is 1. The average Bonchev–Trinajstić information content (AvgIpc) is 3.33. The van der Waals surface area contributed by atoms with Gasteiger partial charge in [0.05, 0.1) is 28.0 Å². The van der Waals surface area contributed by atoms with Gasteiger partial charge in [-0.2, -0.15) is 0 Å². The molecule has 1 amide bonds. The van der Waals surface area contributed by atoms with Gasteiger partial charge in [0.25, 0.3) is 0 Å². The lowest BCUT2D eigenvalue weighted by Crippen LogP contribution is -2.34. The van der Waals surface area contributed by atoms with Gasteiger partial charge in [-0.25, -0.2) is 4.98 Å². The van der Waals surface area contributed by atoms with Gasteiger partial charge in [0.2, 0.25) is 5.91 Å². The van der Waals surface area contributed by atoms with E-state index < -0.39 is 0 Å². The fraction of sp³-hybridized carbons (Fsp3) is 0.152. The van der Waals surface area contributed by atoms with Gasteiger partial charge in [-0.05, 0) is 42.5 Å². The second-order valence-electron chi connectivity index (χ2n) is 9.44. The van der Waals surface area contributed by atoms with Crippen molar-refractivity contribution in [2.24, 2.45) is 0 Å². The van der Waals surface area contributed by atoms with Crippen molar-refractivity contribution in [2.45, 2.75) is 36.6 Å². The monoisotopic (exact) mass is 515 g/mol. The number of fused-ring (bicyclic) bond motifs is 2. The van der Waals surface area contributed by atoms with Crippen LogP contribution in [0.25, 0.3) is 22.5 Å². The molecule has 5 aromatic rings. The topological polar surface area (TPSA) is 49.0 Å². The molecule has 5 heteroatoms. The van der Waals surface area contributed by atoms with Crippen molar-refractivity contribution < 1.29 is 4.79 Å². The Balaban J connectivity index is 1.38. The van der Waals surface area contributed by atoms with Gasteiger partial charge in [0.15, 0.2) is 5.16 Å². The third-order valence-corrected chi connectivity index (χ3v) is 8.28. The number of hydrogen-bond acceptors (Lipinski definition) is 3. The Morgan fingerprint density at radius 2 is 1.32 bits per heavy atom. The minimum Gasteiger partial charge on any atom is -0.332 e.